The van der Waals surface area contributed by atoms with E-state index < -0.39 is 28.6 Å². The summed E-state index contributed by atoms with van der Waals surface area (Å²) in [5.74, 6) is -1.97. The summed E-state index contributed by atoms with van der Waals surface area (Å²) in [6.45, 7) is 5.75. The summed E-state index contributed by atoms with van der Waals surface area (Å²) >= 11 is 14.0. The van der Waals surface area contributed by atoms with E-state index in [-0.39, 0.29) is 27.9 Å². The lowest BCUT2D eigenvalue weighted by molar-refractivity contribution is -0.150. The number of hydrogen-bond acceptors (Lipinski definition) is 7. The molecular formula is C48H53Cl2FN6O5. The monoisotopic (exact) mass is 882 g/mol. The van der Waals surface area contributed by atoms with E-state index in [0.717, 1.165) is 106 Å². The van der Waals surface area contributed by atoms with Gasteiger partial charge in [0.25, 0.3) is 5.91 Å². The van der Waals surface area contributed by atoms with Crippen LogP contribution in [0, 0.1) is 16.2 Å². The van der Waals surface area contributed by atoms with Crippen LogP contribution in [-0.4, -0.2) is 78.1 Å². The fourth-order valence-electron chi connectivity index (χ4n) is 11.1. The summed E-state index contributed by atoms with van der Waals surface area (Å²) in [4.78, 5) is 51.6. The zero-order valence-electron chi connectivity index (χ0n) is 35.3. The summed E-state index contributed by atoms with van der Waals surface area (Å²) < 4.78 is 17.8. The van der Waals surface area contributed by atoms with Gasteiger partial charge in [0, 0.05) is 68.7 Å². The molecule has 2 aliphatic heterocycles. The van der Waals surface area contributed by atoms with E-state index in [4.69, 9.17) is 28.2 Å². The Balaban J connectivity index is 0.853. The minimum absolute atomic E-state index is 0.123. The highest BCUT2D eigenvalue weighted by molar-refractivity contribution is 6.39. The normalized spacial score (nSPS) is 26.3. The van der Waals surface area contributed by atoms with Crippen LogP contribution in [0.25, 0.3) is 23.0 Å². The first-order valence-corrected chi connectivity index (χ1v) is 22.6. The van der Waals surface area contributed by atoms with Gasteiger partial charge in [-0.1, -0.05) is 53.5 Å². The van der Waals surface area contributed by atoms with Crippen molar-refractivity contribution in [3.63, 3.8) is 0 Å². The summed E-state index contributed by atoms with van der Waals surface area (Å²) in [7, 11) is 1.86. The van der Waals surface area contributed by atoms with Crippen LogP contribution < -0.4 is 5.32 Å². The topological polar surface area (TPSA) is 141 Å². The van der Waals surface area contributed by atoms with Crippen molar-refractivity contribution in [2.75, 3.05) is 25.0 Å². The summed E-state index contributed by atoms with van der Waals surface area (Å²) in [5.41, 5.74) is 5.20. The van der Waals surface area contributed by atoms with Gasteiger partial charge in [-0.3, -0.25) is 29.2 Å². The number of carboxylic acids is 2. The van der Waals surface area contributed by atoms with Crippen LogP contribution in [0.3, 0.4) is 0 Å². The van der Waals surface area contributed by atoms with Gasteiger partial charge in [-0.25, -0.2) is 9.37 Å². The number of nitrogens with one attached hydrogen (secondary N) is 1. The average molecular weight is 884 g/mol. The second-order valence-corrected chi connectivity index (χ2v) is 19.7. The van der Waals surface area contributed by atoms with E-state index in [2.05, 4.69) is 20.1 Å². The Bertz CT molecular complexity index is 2490. The van der Waals surface area contributed by atoms with Crippen LogP contribution in [0.4, 0.5) is 10.1 Å². The van der Waals surface area contributed by atoms with Crippen LogP contribution in [0.1, 0.15) is 116 Å². The maximum atomic E-state index is 15.9. The molecule has 3 fully saturated rings. The number of halogens is 3. The number of nitrogens with zero attached hydrogens (tertiary/aromatic N) is 5. The molecule has 3 aliphatic carbocycles. The summed E-state index contributed by atoms with van der Waals surface area (Å²) in [6, 6.07) is 12.8. The molecule has 11 nitrogen and oxygen atoms in total. The van der Waals surface area contributed by atoms with Crippen molar-refractivity contribution < 1.29 is 29.0 Å². The molecule has 0 radical (unpaired) electrons. The maximum absolute atomic E-state index is 15.9. The van der Waals surface area contributed by atoms with Crippen LogP contribution >= 0.6 is 23.2 Å². The summed E-state index contributed by atoms with van der Waals surface area (Å²) in [6.07, 6.45) is 13.0. The predicted octanol–water partition coefficient (Wildman–Crippen LogP) is 9.68. The number of pyridine rings is 1. The molecule has 0 saturated heterocycles. The van der Waals surface area contributed by atoms with E-state index in [9.17, 15) is 24.6 Å². The van der Waals surface area contributed by atoms with Gasteiger partial charge in [0.05, 0.1) is 38.0 Å². The molecule has 3 saturated carbocycles. The molecule has 0 unspecified atom stereocenters. The first kappa shape index (κ1) is 42.7. The van der Waals surface area contributed by atoms with Gasteiger partial charge in [0.15, 0.2) is 5.82 Å². The van der Waals surface area contributed by atoms with Gasteiger partial charge in [-0.2, -0.15) is 0 Å². The van der Waals surface area contributed by atoms with Crippen molar-refractivity contribution in [2.24, 2.45) is 23.3 Å². The Morgan fingerprint density at radius 1 is 0.919 bits per heavy atom. The van der Waals surface area contributed by atoms with Crippen LogP contribution in [-0.2, 0) is 42.6 Å². The number of carbonyl (C=O) groups is 3. The third-order valence-corrected chi connectivity index (χ3v) is 16.1. The molecule has 1 amide bonds. The lowest BCUT2D eigenvalue weighted by Gasteiger charge is -2.41. The zero-order valence-corrected chi connectivity index (χ0v) is 36.8. The molecule has 62 heavy (non-hydrogen) atoms. The standard InChI is InChI=1S/C48H53Cl2FN6O5/c1-46(44(59)60)13-9-32(10-14-46)57-21-11-29-24-37(52-25-31(29)26-57)35(51)23-30-5-3-6-33(40(30)49)34-7-4-8-36(41(34)50)54-43(58)42-53-38-27-56(20-12-39(38)55(42)2)22-19-47-15-17-48(28-47,18-16-47)45(61)62/h3-8,23-25,32H,9-22,26-28H2,1-2H3,(H,54,58)(H,59,60)(H,61,62)/b35-23-/t32-,46-,47?,48?. The molecule has 4 heterocycles. The molecule has 5 aliphatic rings. The van der Waals surface area contributed by atoms with Crippen molar-refractivity contribution in [1.29, 1.82) is 0 Å². The third-order valence-electron chi connectivity index (χ3n) is 15.2. The smallest absolute Gasteiger partial charge is 0.309 e. The van der Waals surface area contributed by atoms with Crippen molar-refractivity contribution in [3.8, 4) is 11.1 Å². The number of aliphatic carboxylic acids is 2. The number of amides is 1. The molecule has 14 heteroatoms. The molecule has 2 bridgehead atoms. The van der Waals surface area contributed by atoms with Gasteiger partial charge < -0.3 is 20.1 Å². The highest BCUT2D eigenvalue weighted by Crippen LogP contribution is 2.63. The Kier molecular flexibility index (Phi) is 11.4. The molecule has 326 valence electrons. The van der Waals surface area contributed by atoms with Gasteiger partial charge in [0.1, 0.15) is 5.83 Å². The largest absolute Gasteiger partial charge is 0.481 e. The van der Waals surface area contributed by atoms with Gasteiger partial charge >= 0.3 is 11.9 Å². The second kappa shape index (κ2) is 16.5. The number of imidazole rings is 1. The first-order chi connectivity index (χ1) is 29.7. The van der Waals surface area contributed by atoms with E-state index in [0.29, 0.717) is 59.4 Å². The third kappa shape index (κ3) is 7.86. The Labute approximate surface area is 371 Å². The SMILES string of the molecule is Cn1c(C(=O)Nc2cccc(-c3cccc(/C=C(\F)c4cc5c(cn4)CN([C@H]4CC[C@](C)(C(=O)O)CC4)CC5)c3Cl)c2Cl)nc2c1CCN(CCC13CCC(C(=O)O)(CC1)C3)C2. The first-order valence-electron chi connectivity index (χ1n) is 21.9. The lowest BCUT2D eigenvalue weighted by atomic mass is 9.73. The minimum atomic E-state index is -0.718. The number of carboxylic acid groups (broad SMARTS) is 2. The number of aromatic nitrogens is 3. The van der Waals surface area contributed by atoms with E-state index in [1.165, 1.54) is 6.08 Å². The number of anilines is 1. The molecule has 9 rings (SSSR count). The highest BCUT2D eigenvalue weighted by atomic mass is 35.5. The number of benzene rings is 2. The number of carbonyl (C=O) groups excluding carboxylic acids is 1. The quantitative estimate of drug-likeness (QED) is 0.134. The van der Waals surface area contributed by atoms with E-state index >= 15 is 4.39 Å². The number of hydrogen-bond donors (Lipinski definition) is 3. The maximum Gasteiger partial charge on any atom is 0.309 e. The van der Waals surface area contributed by atoms with Crippen LogP contribution in [0.15, 0.2) is 48.7 Å². The van der Waals surface area contributed by atoms with Crippen LogP contribution in [0.2, 0.25) is 10.0 Å². The molecule has 0 spiro atoms. The minimum Gasteiger partial charge on any atom is -0.481 e. The molecule has 4 aromatic rings. The Morgan fingerprint density at radius 2 is 1.65 bits per heavy atom. The molecular weight excluding hydrogens is 830 g/mol. The second-order valence-electron chi connectivity index (χ2n) is 18.9. The van der Waals surface area contributed by atoms with Crippen molar-refractivity contribution in [3.05, 3.63) is 98.3 Å². The lowest BCUT2D eigenvalue weighted by Crippen LogP contribution is -2.44. The van der Waals surface area contributed by atoms with Gasteiger partial charge in [0.2, 0.25) is 0 Å². The highest BCUT2D eigenvalue weighted by Gasteiger charge is 2.57. The zero-order chi connectivity index (χ0) is 43.6. The van der Waals surface area contributed by atoms with Crippen LogP contribution in [0.5, 0.6) is 0 Å². The van der Waals surface area contributed by atoms with E-state index in [1.54, 1.807) is 30.5 Å². The van der Waals surface area contributed by atoms with Crippen molar-refractivity contribution in [2.45, 2.75) is 103 Å². The fourth-order valence-corrected chi connectivity index (χ4v) is 11.7. The molecule has 2 aromatic heterocycles. The summed E-state index contributed by atoms with van der Waals surface area (Å²) in [5, 5.41) is 23.0. The molecule has 0 atom stereocenters. The van der Waals surface area contributed by atoms with Crippen molar-refractivity contribution in [1.82, 2.24) is 24.3 Å². The van der Waals surface area contributed by atoms with E-state index in [1.807, 2.05) is 36.7 Å². The predicted molar refractivity (Wildman–Crippen MR) is 238 cm³/mol. The number of fused-ring (bicyclic) bond motifs is 4. The van der Waals surface area contributed by atoms with Crippen molar-refractivity contribution >= 4 is 58.6 Å². The Hall–Kier alpha value is -4.62. The fraction of sp³-hybridized carbons (Fsp3) is 0.479. The molecule has 3 N–H and O–H groups in total. The number of rotatable bonds is 11. The average Bonchev–Trinajstić information content (AvgIpc) is 3.95. The Morgan fingerprint density at radius 3 is 2.35 bits per heavy atom. The van der Waals surface area contributed by atoms with Gasteiger partial charge in [-0.05, 0) is 124 Å². The van der Waals surface area contributed by atoms with Gasteiger partial charge in [-0.15, -0.1) is 0 Å². The molecule has 2 aromatic carbocycles.